The standard InChI is InChI=1S/C6H2O5S/c7-1-2(8)4(10)6(12)5(11)3(1)9/h7-8H. The molecule has 0 spiro atoms. The van der Waals surface area contributed by atoms with Crippen molar-refractivity contribution in [2.75, 3.05) is 0 Å². The van der Waals surface area contributed by atoms with Crippen LogP contribution in [0.2, 0.25) is 0 Å². The van der Waals surface area contributed by atoms with Crippen molar-refractivity contribution in [1.29, 1.82) is 0 Å². The molecule has 0 saturated heterocycles. The zero-order chi connectivity index (χ0) is 9.46. The van der Waals surface area contributed by atoms with Crippen molar-refractivity contribution in [1.82, 2.24) is 0 Å². The Labute approximate surface area is 69.9 Å². The Morgan fingerprint density at radius 2 is 1.25 bits per heavy atom. The largest absolute Gasteiger partial charge is 0.501 e. The average Bonchev–Trinajstić information content (AvgIpc) is 2.08. The second-order valence-corrected chi connectivity index (χ2v) is 2.42. The summed E-state index contributed by atoms with van der Waals surface area (Å²) in [5, 5.41) is 17.4. The van der Waals surface area contributed by atoms with Crippen LogP contribution in [0, 0.1) is 4.51 Å². The lowest BCUT2D eigenvalue weighted by Crippen LogP contribution is -2.29. The maximum atomic E-state index is 10.7. The van der Waals surface area contributed by atoms with Crippen LogP contribution in [-0.4, -0.2) is 10.2 Å². The molecule has 0 amide bonds. The highest BCUT2D eigenvalue weighted by Crippen LogP contribution is 2.10. The van der Waals surface area contributed by atoms with Crippen LogP contribution >= 0.6 is 12.2 Å². The molecule has 2 N–H and O–H groups in total. The Balaban J connectivity index is 4.15. The number of rotatable bonds is 0. The topological polar surface area (TPSA) is 91.7 Å². The molecular weight excluding hydrogens is 184 g/mol. The van der Waals surface area contributed by atoms with Crippen molar-refractivity contribution < 1.29 is 10.2 Å². The Hall–Kier alpha value is -1.56. The molecule has 62 valence electrons. The second-order valence-electron chi connectivity index (χ2n) is 2.01. The highest BCUT2D eigenvalue weighted by atomic mass is 32.1. The minimum Gasteiger partial charge on any atom is -0.501 e. The number of aromatic hydroxyl groups is 2. The summed E-state index contributed by atoms with van der Waals surface area (Å²) in [5.41, 5.74) is -3.80. The van der Waals surface area contributed by atoms with E-state index >= 15 is 0 Å². The van der Waals surface area contributed by atoms with Crippen molar-refractivity contribution in [3.05, 3.63) is 35.2 Å². The van der Waals surface area contributed by atoms with Gasteiger partial charge in [0.15, 0.2) is 0 Å². The average molecular weight is 186 g/mol. The molecule has 5 nitrogen and oxygen atoms in total. The fourth-order valence-corrected chi connectivity index (χ4v) is 0.826. The lowest BCUT2D eigenvalue weighted by atomic mass is 10.3. The van der Waals surface area contributed by atoms with E-state index in [0.717, 1.165) is 0 Å². The first-order valence-electron chi connectivity index (χ1n) is 2.76. The van der Waals surface area contributed by atoms with Gasteiger partial charge < -0.3 is 10.2 Å². The van der Waals surface area contributed by atoms with E-state index in [0.29, 0.717) is 0 Å². The van der Waals surface area contributed by atoms with Gasteiger partial charge in [-0.3, -0.25) is 14.4 Å². The first-order chi connectivity index (χ1) is 5.46. The summed E-state index contributed by atoms with van der Waals surface area (Å²) in [6.07, 6.45) is 0. The highest BCUT2D eigenvalue weighted by molar-refractivity contribution is 7.71. The van der Waals surface area contributed by atoms with Crippen LogP contribution in [0.5, 0.6) is 11.5 Å². The van der Waals surface area contributed by atoms with Crippen LogP contribution in [-0.2, 0) is 0 Å². The molecule has 1 rings (SSSR count). The van der Waals surface area contributed by atoms with Gasteiger partial charge in [0.2, 0.25) is 16.9 Å². The molecule has 6 heteroatoms. The predicted octanol–water partition coefficient (Wildman–Crippen LogP) is -1.22. The summed E-state index contributed by atoms with van der Waals surface area (Å²) in [4.78, 5) is 32.0. The minimum absolute atomic E-state index is 0.796. The summed E-state index contributed by atoms with van der Waals surface area (Å²) in [6.45, 7) is 0. The molecule has 0 fully saturated rings. The third-order valence-electron chi connectivity index (χ3n) is 1.27. The van der Waals surface area contributed by atoms with Gasteiger partial charge >= 0.3 is 0 Å². The predicted molar refractivity (Wildman–Crippen MR) is 41.8 cm³/mol. The number of benzene rings is 1. The van der Waals surface area contributed by atoms with E-state index in [1.165, 1.54) is 0 Å². The molecule has 1 aromatic rings. The smallest absolute Gasteiger partial charge is 0.272 e. The molecule has 1 aromatic carbocycles. The Morgan fingerprint density at radius 1 is 0.833 bits per heavy atom. The van der Waals surface area contributed by atoms with Crippen LogP contribution in [0.15, 0.2) is 14.4 Å². The van der Waals surface area contributed by atoms with E-state index in [2.05, 4.69) is 12.2 Å². The fourth-order valence-electron chi connectivity index (χ4n) is 0.636. The van der Waals surface area contributed by atoms with Crippen molar-refractivity contribution in [3.63, 3.8) is 0 Å². The van der Waals surface area contributed by atoms with E-state index in [1.807, 2.05) is 0 Å². The molecule has 0 aliphatic rings. The van der Waals surface area contributed by atoms with Gasteiger partial charge in [0.25, 0.3) is 10.9 Å². The van der Waals surface area contributed by atoms with E-state index in [4.69, 9.17) is 10.2 Å². The zero-order valence-corrected chi connectivity index (χ0v) is 6.34. The third kappa shape index (κ3) is 0.928. The van der Waals surface area contributed by atoms with Crippen LogP contribution < -0.4 is 16.3 Å². The quantitative estimate of drug-likeness (QED) is 0.300. The maximum Gasteiger partial charge on any atom is 0.272 e. The molecule has 0 saturated carbocycles. The first kappa shape index (κ1) is 8.54. The van der Waals surface area contributed by atoms with Crippen LogP contribution in [0.1, 0.15) is 0 Å². The minimum atomic E-state index is -1.35. The van der Waals surface area contributed by atoms with E-state index in [9.17, 15) is 14.4 Å². The Morgan fingerprint density at radius 3 is 1.75 bits per heavy atom. The summed E-state index contributed by atoms with van der Waals surface area (Å²) >= 11 is 4.23. The van der Waals surface area contributed by atoms with Crippen LogP contribution in [0.25, 0.3) is 0 Å². The molecule has 0 heterocycles. The molecule has 0 bridgehead atoms. The molecular formula is C6H2O5S. The van der Waals surface area contributed by atoms with Gasteiger partial charge in [-0.2, -0.15) is 0 Å². The van der Waals surface area contributed by atoms with Crippen LogP contribution in [0.4, 0.5) is 0 Å². The monoisotopic (exact) mass is 186 g/mol. The summed E-state index contributed by atoms with van der Waals surface area (Å²) in [5.74, 6) is -2.40. The SMILES string of the molecule is O=c1c(O)c(O)c(=O)c(=S)c1=O. The summed E-state index contributed by atoms with van der Waals surface area (Å²) in [6, 6.07) is 0. The van der Waals surface area contributed by atoms with Gasteiger partial charge in [-0.05, 0) is 0 Å². The molecule has 0 aliphatic heterocycles. The van der Waals surface area contributed by atoms with E-state index in [-0.39, 0.29) is 0 Å². The molecule has 0 aliphatic carbocycles. The number of hydrogen-bond donors (Lipinski definition) is 2. The van der Waals surface area contributed by atoms with Gasteiger partial charge in [-0.25, -0.2) is 0 Å². The number of hydrogen-bond acceptors (Lipinski definition) is 6. The molecule has 0 radical (unpaired) electrons. The summed E-state index contributed by atoms with van der Waals surface area (Å²) < 4.78 is -0.796. The van der Waals surface area contributed by atoms with Crippen molar-refractivity contribution >= 4 is 12.2 Å². The summed E-state index contributed by atoms with van der Waals surface area (Å²) in [7, 11) is 0. The highest BCUT2D eigenvalue weighted by Gasteiger charge is 2.14. The van der Waals surface area contributed by atoms with Gasteiger partial charge in [0, 0.05) is 0 Å². The Bertz CT molecular complexity index is 474. The van der Waals surface area contributed by atoms with Gasteiger partial charge in [-0.1, -0.05) is 12.2 Å². The fraction of sp³-hybridized carbons (Fsp3) is 0. The normalized spacial score (nSPS) is 10.0. The first-order valence-corrected chi connectivity index (χ1v) is 3.17. The molecule has 12 heavy (non-hydrogen) atoms. The van der Waals surface area contributed by atoms with Gasteiger partial charge in [0.05, 0.1) is 0 Å². The molecule has 0 unspecified atom stereocenters. The second kappa shape index (κ2) is 2.49. The Kier molecular flexibility index (Phi) is 1.77. The third-order valence-corrected chi connectivity index (χ3v) is 1.64. The molecule has 0 aromatic heterocycles. The van der Waals surface area contributed by atoms with Crippen molar-refractivity contribution in [2.24, 2.45) is 0 Å². The van der Waals surface area contributed by atoms with Gasteiger partial charge in [0.1, 0.15) is 4.51 Å². The lowest BCUT2D eigenvalue weighted by Gasteiger charge is -1.89. The maximum absolute atomic E-state index is 10.7. The van der Waals surface area contributed by atoms with E-state index in [1.54, 1.807) is 0 Å². The lowest BCUT2D eigenvalue weighted by molar-refractivity contribution is 0.396. The van der Waals surface area contributed by atoms with Crippen molar-refractivity contribution in [3.8, 4) is 11.5 Å². The van der Waals surface area contributed by atoms with Crippen LogP contribution in [0.3, 0.4) is 0 Å². The van der Waals surface area contributed by atoms with Gasteiger partial charge in [-0.15, -0.1) is 0 Å². The van der Waals surface area contributed by atoms with Crippen molar-refractivity contribution in [2.45, 2.75) is 0 Å². The van der Waals surface area contributed by atoms with E-state index < -0.39 is 32.3 Å². The number of phenols is 2. The zero-order valence-electron chi connectivity index (χ0n) is 5.53. The number of phenolic OH excluding ortho intramolecular Hbond substituents is 2. The molecule has 0 atom stereocenters.